The van der Waals surface area contributed by atoms with Gasteiger partial charge in [-0.2, -0.15) is 0 Å². The fourth-order valence-electron chi connectivity index (χ4n) is 1.33. The summed E-state index contributed by atoms with van der Waals surface area (Å²) < 4.78 is 6.59. The third-order valence-corrected chi connectivity index (χ3v) is 3.33. The molecule has 90 valence electrons. The topological polar surface area (TPSA) is 51.0 Å². The number of hydrogen-bond acceptors (Lipinski definition) is 4. The molecule has 0 saturated heterocycles. The lowest BCUT2D eigenvalue weighted by Crippen LogP contribution is -2.11. The van der Waals surface area contributed by atoms with Crippen molar-refractivity contribution in [3.8, 4) is 11.5 Å². The predicted molar refractivity (Wildman–Crippen MR) is 74.8 cm³/mol. The van der Waals surface area contributed by atoms with E-state index in [1.807, 2.05) is 25.1 Å². The summed E-state index contributed by atoms with van der Waals surface area (Å²) in [6, 6.07) is 5.59. The van der Waals surface area contributed by atoms with Gasteiger partial charge in [0.25, 0.3) is 0 Å². The zero-order chi connectivity index (χ0) is 12.3. The Morgan fingerprint density at radius 3 is 3.00 bits per heavy atom. The first-order valence-corrected chi connectivity index (χ1v) is 6.65. The summed E-state index contributed by atoms with van der Waals surface area (Å²) in [7, 11) is 0. The van der Waals surface area contributed by atoms with E-state index in [2.05, 4.69) is 38.1 Å². The summed E-state index contributed by atoms with van der Waals surface area (Å²) >= 11 is 8.17. The van der Waals surface area contributed by atoms with Crippen LogP contribution in [0.25, 0.3) is 11.5 Å². The van der Waals surface area contributed by atoms with Gasteiger partial charge >= 0.3 is 0 Å². The molecule has 2 rings (SSSR count). The summed E-state index contributed by atoms with van der Waals surface area (Å²) in [6.07, 6.45) is 0. The molecule has 1 N–H and O–H groups in total. The van der Waals surface area contributed by atoms with Gasteiger partial charge in [-0.15, -0.1) is 10.2 Å². The van der Waals surface area contributed by atoms with Crippen LogP contribution in [0.1, 0.15) is 12.8 Å². The lowest BCUT2D eigenvalue weighted by atomic mass is 10.2. The van der Waals surface area contributed by atoms with Gasteiger partial charge in [-0.3, -0.25) is 0 Å². The van der Waals surface area contributed by atoms with Crippen molar-refractivity contribution in [1.29, 1.82) is 0 Å². The van der Waals surface area contributed by atoms with Gasteiger partial charge in [-0.05, 0) is 47.3 Å². The highest BCUT2D eigenvalue weighted by Crippen LogP contribution is 2.27. The van der Waals surface area contributed by atoms with Crippen molar-refractivity contribution in [2.24, 2.45) is 0 Å². The first-order chi connectivity index (χ1) is 8.20. The molecule has 0 unspecified atom stereocenters. The first kappa shape index (κ1) is 12.8. The van der Waals surface area contributed by atoms with Crippen LogP contribution in [-0.4, -0.2) is 16.7 Å². The minimum Gasteiger partial charge on any atom is -0.419 e. The van der Waals surface area contributed by atoms with Gasteiger partial charge in [0.1, 0.15) is 0 Å². The van der Waals surface area contributed by atoms with Gasteiger partial charge in [0.15, 0.2) is 0 Å². The SMILES string of the molecule is CCNCc1nnc(-c2cc(Cl)ccc2I)o1. The fraction of sp³-hybridized carbons (Fsp3) is 0.273. The predicted octanol–water partition coefficient (Wildman–Crippen LogP) is 3.10. The fourth-order valence-corrected chi connectivity index (χ4v) is 2.07. The van der Waals surface area contributed by atoms with Crippen LogP contribution in [0.15, 0.2) is 22.6 Å². The van der Waals surface area contributed by atoms with Gasteiger partial charge in [0.05, 0.1) is 12.1 Å². The minimum atomic E-state index is 0.504. The Kier molecular flexibility index (Phi) is 4.36. The van der Waals surface area contributed by atoms with Crippen LogP contribution in [0.2, 0.25) is 5.02 Å². The maximum absolute atomic E-state index is 5.95. The lowest BCUT2D eigenvalue weighted by Gasteiger charge is -1.99. The third-order valence-electron chi connectivity index (χ3n) is 2.15. The van der Waals surface area contributed by atoms with Crippen molar-refractivity contribution in [2.75, 3.05) is 6.54 Å². The van der Waals surface area contributed by atoms with E-state index in [1.165, 1.54) is 0 Å². The Morgan fingerprint density at radius 2 is 2.24 bits per heavy atom. The van der Waals surface area contributed by atoms with Crippen LogP contribution < -0.4 is 5.32 Å². The largest absolute Gasteiger partial charge is 0.419 e. The van der Waals surface area contributed by atoms with Crippen molar-refractivity contribution >= 4 is 34.2 Å². The highest BCUT2D eigenvalue weighted by molar-refractivity contribution is 14.1. The van der Waals surface area contributed by atoms with Crippen molar-refractivity contribution in [3.05, 3.63) is 32.7 Å². The summed E-state index contributed by atoms with van der Waals surface area (Å²) in [5.74, 6) is 1.09. The van der Waals surface area contributed by atoms with Crippen molar-refractivity contribution in [2.45, 2.75) is 13.5 Å². The van der Waals surface area contributed by atoms with E-state index < -0.39 is 0 Å². The molecule has 1 aromatic carbocycles. The molecule has 0 amide bonds. The van der Waals surface area contributed by atoms with Crippen LogP contribution in [0.5, 0.6) is 0 Å². The van der Waals surface area contributed by atoms with Crippen LogP contribution in [-0.2, 0) is 6.54 Å². The number of nitrogens with zero attached hydrogens (tertiary/aromatic N) is 2. The molecule has 0 aliphatic carbocycles. The quantitative estimate of drug-likeness (QED) is 0.848. The molecule has 0 bridgehead atoms. The maximum Gasteiger partial charge on any atom is 0.248 e. The summed E-state index contributed by atoms with van der Waals surface area (Å²) in [6.45, 7) is 3.48. The van der Waals surface area contributed by atoms with Crippen LogP contribution >= 0.6 is 34.2 Å². The summed E-state index contributed by atoms with van der Waals surface area (Å²) in [5.41, 5.74) is 0.869. The van der Waals surface area contributed by atoms with Gasteiger partial charge in [-0.25, -0.2) is 0 Å². The molecule has 6 heteroatoms. The number of benzene rings is 1. The third kappa shape index (κ3) is 3.17. The Balaban J connectivity index is 2.27. The zero-order valence-corrected chi connectivity index (χ0v) is 12.1. The van der Waals surface area contributed by atoms with Gasteiger partial charge in [0, 0.05) is 8.59 Å². The Hall–Kier alpha value is -0.660. The average molecular weight is 364 g/mol. The van der Waals surface area contributed by atoms with Crippen LogP contribution in [0, 0.1) is 3.57 Å². The molecule has 0 saturated carbocycles. The molecule has 4 nitrogen and oxygen atoms in total. The Labute approximate surface area is 118 Å². The lowest BCUT2D eigenvalue weighted by molar-refractivity contribution is 0.482. The number of rotatable bonds is 4. The van der Waals surface area contributed by atoms with E-state index >= 15 is 0 Å². The number of aromatic nitrogens is 2. The molecule has 0 aliphatic heterocycles. The standard InChI is InChI=1S/C11H11ClIN3O/c1-2-14-6-10-15-16-11(17-10)8-5-7(12)3-4-9(8)13/h3-5,14H,2,6H2,1H3. The molecule has 0 spiro atoms. The first-order valence-electron chi connectivity index (χ1n) is 5.19. The normalized spacial score (nSPS) is 10.8. The maximum atomic E-state index is 5.95. The molecule has 0 atom stereocenters. The second-order valence-corrected chi connectivity index (χ2v) is 5.00. The molecule has 0 radical (unpaired) electrons. The zero-order valence-electron chi connectivity index (χ0n) is 9.20. The summed E-state index contributed by atoms with van der Waals surface area (Å²) in [5, 5.41) is 11.8. The van der Waals surface area contributed by atoms with E-state index in [1.54, 1.807) is 0 Å². The molecule has 1 heterocycles. The van der Waals surface area contributed by atoms with E-state index in [-0.39, 0.29) is 0 Å². The molecular formula is C11H11ClIN3O. The molecule has 17 heavy (non-hydrogen) atoms. The van der Waals surface area contributed by atoms with Crippen molar-refractivity contribution < 1.29 is 4.42 Å². The number of halogens is 2. The molecule has 1 aromatic heterocycles. The van der Waals surface area contributed by atoms with Crippen molar-refractivity contribution in [3.63, 3.8) is 0 Å². The summed E-state index contributed by atoms with van der Waals surface area (Å²) in [4.78, 5) is 0. The van der Waals surface area contributed by atoms with E-state index in [0.717, 1.165) is 15.7 Å². The highest BCUT2D eigenvalue weighted by atomic mass is 127. The van der Waals surface area contributed by atoms with Crippen molar-refractivity contribution in [1.82, 2.24) is 15.5 Å². The minimum absolute atomic E-state index is 0.504. The number of hydrogen-bond donors (Lipinski definition) is 1. The molecule has 2 aromatic rings. The molecule has 0 fully saturated rings. The second kappa shape index (κ2) is 5.79. The monoisotopic (exact) mass is 363 g/mol. The smallest absolute Gasteiger partial charge is 0.248 e. The second-order valence-electron chi connectivity index (χ2n) is 3.41. The van der Waals surface area contributed by atoms with Gasteiger partial charge in [0.2, 0.25) is 11.8 Å². The van der Waals surface area contributed by atoms with Gasteiger partial charge < -0.3 is 9.73 Å². The average Bonchev–Trinajstić information content (AvgIpc) is 2.78. The van der Waals surface area contributed by atoms with Gasteiger partial charge in [-0.1, -0.05) is 18.5 Å². The Bertz CT molecular complexity index is 515. The Morgan fingerprint density at radius 1 is 1.41 bits per heavy atom. The number of nitrogens with one attached hydrogen (secondary N) is 1. The van der Waals surface area contributed by atoms with Crippen LogP contribution in [0.3, 0.4) is 0 Å². The van der Waals surface area contributed by atoms with E-state index in [0.29, 0.717) is 23.3 Å². The van der Waals surface area contributed by atoms with Crippen LogP contribution in [0.4, 0.5) is 0 Å². The molecule has 0 aliphatic rings. The van der Waals surface area contributed by atoms with E-state index in [9.17, 15) is 0 Å². The highest BCUT2D eigenvalue weighted by Gasteiger charge is 2.11. The van der Waals surface area contributed by atoms with E-state index in [4.69, 9.17) is 16.0 Å². The molecular weight excluding hydrogens is 352 g/mol.